The van der Waals surface area contributed by atoms with E-state index in [0.717, 1.165) is 16.7 Å². The Hall–Kier alpha value is -3.48. The summed E-state index contributed by atoms with van der Waals surface area (Å²) >= 11 is 0. The SMILES string of the molecule is CCC(=O)Nc1ccc(C)c(NC(=O)C2=NN(c3cc(C)ccc3C)C(=O)CC2)c1. The number of aryl methyl sites for hydroxylation is 3. The lowest BCUT2D eigenvalue weighted by atomic mass is 10.1. The molecule has 1 aliphatic rings. The van der Waals surface area contributed by atoms with Gasteiger partial charge in [0.2, 0.25) is 11.8 Å². The molecule has 0 saturated heterocycles. The van der Waals surface area contributed by atoms with Gasteiger partial charge in [0.15, 0.2) is 0 Å². The first-order valence-corrected chi connectivity index (χ1v) is 9.98. The van der Waals surface area contributed by atoms with Gasteiger partial charge >= 0.3 is 0 Å². The van der Waals surface area contributed by atoms with Crippen molar-refractivity contribution in [1.29, 1.82) is 0 Å². The molecule has 2 aromatic rings. The number of carbonyl (C=O) groups excluding carboxylic acids is 3. The van der Waals surface area contributed by atoms with E-state index in [1.165, 1.54) is 5.01 Å². The van der Waals surface area contributed by atoms with Crippen LogP contribution in [0.1, 0.15) is 42.9 Å². The van der Waals surface area contributed by atoms with Crippen LogP contribution in [0.4, 0.5) is 17.1 Å². The number of hydrogen-bond donors (Lipinski definition) is 2. The number of rotatable bonds is 5. The van der Waals surface area contributed by atoms with Gasteiger partial charge in [0.05, 0.1) is 5.69 Å². The lowest BCUT2D eigenvalue weighted by Gasteiger charge is -2.25. The third kappa shape index (κ3) is 4.74. The van der Waals surface area contributed by atoms with E-state index >= 15 is 0 Å². The standard InChI is InChI=1S/C23H26N4O3/c1-5-21(28)24-17-9-8-15(3)19(13-17)25-23(30)18-10-11-22(29)27(26-18)20-12-14(2)6-7-16(20)4/h6-9,12-13H,5,10-11H2,1-4H3,(H,24,28)(H,25,30). The first-order chi connectivity index (χ1) is 14.3. The van der Waals surface area contributed by atoms with Crippen LogP contribution in [-0.4, -0.2) is 23.4 Å². The van der Waals surface area contributed by atoms with Crippen molar-refractivity contribution < 1.29 is 14.4 Å². The molecule has 0 atom stereocenters. The summed E-state index contributed by atoms with van der Waals surface area (Å²) in [5.74, 6) is -0.601. The molecule has 30 heavy (non-hydrogen) atoms. The van der Waals surface area contributed by atoms with Crippen LogP contribution in [-0.2, 0) is 14.4 Å². The Kier molecular flexibility index (Phi) is 6.30. The van der Waals surface area contributed by atoms with E-state index in [4.69, 9.17) is 0 Å². The highest BCUT2D eigenvalue weighted by Gasteiger charge is 2.27. The monoisotopic (exact) mass is 406 g/mol. The van der Waals surface area contributed by atoms with Crippen molar-refractivity contribution >= 4 is 40.5 Å². The Balaban J connectivity index is 1.84. The van der Waals surface area contributed by atoms with Gasteiger partial charge in [0, 0.05) is 30.6 Å². The molecule has 0 spiro atoms. The molecule has 3 amide bonds. The molecule has 3 rings (SSSR count). The summed E-state index contributed by atoms with van der Waals surface area (Å²) in [7, 11) is 0. The highest BCUT2D eigenvalue weighted by atomic mass is 16.2. The Morgan fingerprint density at radius 1 is 1.00 bits per heavy atom. The van der Waals surface area contributed by atoms with Crippen molar-refractivity contribution in [3.05, 3.63) is 53.1 Å². The normalized spacial score (nSPS) is 13.7. The summed E-state index contributed by atoms with van der Waals surface area (Å²) in [5, 5.41) is 11.3. The smallest absolute Gasteiger partial charge is 0.271 e. The zero-order valence-corrected chi connectivity index (χ0v) is 17.7. The van der Waals surface area contributed by atoms with Gasteiger partial charge in [0.1, 0.15) is 5.71 Å². The summed E-state index contributed by atoms with van der Waals surface area (Å²) in [6, 6.07) is 11.1. The van der Waals surface area contributed by atoms with Crippen molar-refractivity contribution in [3.8, 4) is 0 Å². The molecule has 0 fully saturated rings. The summed E-state index contributed by atoms with van der Waals surface area (Å²) < 4.78 is 0. The Morgan fingerprint density at radius 3 is 2.47 bits per heavy atom. The fraction of sp³-hybridized carbons (Fsp3) is 0.304. The third-order valence-corrected chi connectivity index (χ3v) is 4.98. The number of amides is 3. The van der Waals surface area contributed by atoms with Crippen LogP contribution in [0, 0.1) is 20.8 Å². The summed E-state index contributed by atoms with van der Waals surface area (Å²) in [6.45, 7) is 7.50. The largest absolute Gasteiger partial charge is 0.326 e. The van der Waals surface area contributed by atoms with Crippen LogP contribution < -0.4 is 15.6 Å². The van der Waals surface area contributed by atoms with Gasteiger partial charge in [-0.1, -0.05) is 25.1 Å². The second kappa shape index (κ2) is 8.90. The second-order valence-corrected chi connectivity index (χ2v) is 7.43. The lowest BCUT2D eigenvalue weighted by molar-refractivity contribution is -0.119. The summed E-state index contributed by atoms with van der Waals surface area (Å²) in [5.41, 5.74) is 4.96. The minimum Gasteiger partial charge on any atom is -0.326 e. The van der Waals surface area contributed by atoms with Gasteiger partial charge in [-0.3, -0.25) is 14.4 Å². The van der Waals surface area contributed by atoms with Crippen molar-refractivity contribution in [1.82, 2.24) is 0 Å². The second-order valence-electron chi connectivity index (χ2n) is 7.43. The number of hydrogen-bond acceptors (Lipinski definition) is 4. The van der Waals surface area contributed by atoms with E-state index in [-0.39, 0.29) is 36.3 Å². The number of nitrogens with one attached hydrogen (secondary N) is 2. The average molecular weight is 406 g/mol. The molecule has 0 radical (unpaired) electrons. The zero-order chi connectivity index (χ0) is 21.8. The third-order valence-electron chi connectivity index (χ3n) is 4.98. The zero-order valence-electron chi connectivity index (χ0n) is 17.7. The average Bonchev–Trinajstić information content (AvgIpc) is 2.72. The molecule has 0 unspecified atom stereocenters. The molecule has 0 aliphatic carbocycles. The Labute approximate surface area is 176 Å². The quantitative estimate of drug-likeness (QED) is 0.784. The van der Waals surface area contributed by atoms with E-state index in [0.29, 0.717) is 23.5 Å². The molecule has 156 valence electrons. The minimum atomic E-state index is -0.361. The summed E-state index contributed by atoms with van der Waals surface area (Å²) in [6.07, 6.45) is 0.858. The van der Waals surface area contributed by atoms with E-state index in [2.05, 4.69) is 15.7 Å². The summed E-state index contributed by atoms with van der Waals surface area (Å²) in [4.78, 5) is 37.0. The van der Waals surface area contributed by atoms with Crippen LogP contribution in [0.15, 0.2) is 41.5 Å². The maximum atomic E-state index is 12.9. The molecule has 1 heterocycles. The van der Waals surface area contributed by atoms with Gasteiger partial charge in [0.25, 0.3) is 5.91 Å². The topological polar surface area (TPSA) is 90.9 Å². The highest BCUT2D eigenvalue weighted by Crippen LogP contribution is 2.26. The first-order valence-electron chi connectivity index (χ1n) is 9.98. The predicted molar refractivity (Wildman–Crippen MR) is 119 cm³/mol. The van der Waals surface area contributed by atoms with Gasteiger partial charge < -0.3 is 10.6 Å². The number of carbonyl (C=O) groups is 3. The minimum absolute atomic E-state index is 0.101. The molecule has 0 aromatic heterocycles. The lowest BCUT2D eigenvalue weighted by Crippen LogP contribution is -2.36. The molecular weight excluding hydrogens is 380 g/mol. The molecule has 0 bridgehead atoms. The van der Waals surface area contributed by atoms with Crippen molar-refractivity contribution in [3.63, 3.8) is 0 Å². The van der Waals surface area contributed by atoms with Crippen LogP contribution >= 0.6 is 0 Å². The van der Waals surface area contributed by atoms with Crippen LogP contribution in [0.5, 0.6) is 0 Å². The van der Waals surface area contributed by atoms with E-state index in [1.54, 1.807) is 19.1 Å². The number of anilines is 3. The molecule has 7 heteroatoms. The van der Waals surface area contributed by atoms with Gasteiger partial charge in [-0.05, 0) is 55.7 Å². The van der Waals surface area contributed by atoms with E-state index < -0.39 is 0 Å². The molecule has 7 nitrogen and oxygen atoms in total. The Bertz CT molecular complexity index is 1040. The van der Waals surface area contributed by atoms with Crippen LogP contribution in [0.2, 0.25) is 0 Å². The van der Waals surface area contributed by atoms with E-state index in [1.807, 2.05) is 45.0 Å². The van der Waals surface area contributed by atoms with Gasteiger partial charge in [-0.15, -0.1) is 0 Å². The molecule has 2 N–H and O–H groups in total. The Morgan fingerprint density at radius 2 is 1.73 bits per heavy atom. The maximum absolute atomic E-state index is 12.9. The number of hydrazone groups is 1. The van der Waals surface area contributed by atoms with Crippen molar-refractivity contribution in [2.45, 2.75) is 47.0 Å². The molecule has 0 saturated carbocycles. The van der Waals surface area contributed by atoms with Crippen LogP contribution in [0.25, 0.3) is 0 Å². The molecule has 1 aliphatic heterocycles. The van der Waals surface area contributed by atoms with E-state index in [9.17, 15) is 14.4 Å². The highest BCUT2D eigenvalue weighted by molar-refractivity contribution is 6.44. The first kappa shape index (κ1) is 21.2. The fourth-order valence-electron chi connectivity index (χ4n) is 3.13. The van der Waals surface area contributed by atoms with Crippen molar-refractivity contribution in [2.24, 2.45) is 5.10 Å². The number of nitrogens with zero attached hydrogens (tertiary/aromatic N) is 2. The predicted octanol–water partition coefficient (Wildman–Crippen LogP) is 4.08. The fourth-order valence-corrected chi connectivity index (χ4v) is 3.13. The van der Waals surface area contributed by atoms with Gasteiger partial charge in [-0.2, -0.15) is 5.10 Å². The molecule has 2 aromatic carbocycles. The van der Waals surface area contributed by atoms with Crippen molar-refractivity contribution in [2.75, 3.05) is 15.6 Å². The van der Waals surface area contributed by atoms with Gasteiger partial charge in [-0.25, -0.2) is 5.01 Å². The number of benzene rings is 2. The maximum Gasteiger partial charge on any atom is 0.271 e. The molecular formula is C23H26N4O3. The van der Waals surface area contributed by atoms with Crippen LogP contribution in [0.3, 0.4) is 0 Å².